The zero-order chi connectivity index (χ0) is 12.4. The molecule has 1 aromatic heterocycles. The average molecular weight is 236 g/mol. The van der Waals surface area contributed by atoms with Crippen molar-refractivity contribution in [3.05, 3.63) is 17.0 Å². The van der Waals surface area contributed by atoms with Crippen molar-refractivity contribution in [3.8, 4) is 0 Å². The molecule has 2 rings (SSSR count). The lowest BCUT2D eigenvalue weighted by Crippen LogP contribution is -2.33. The standard InChI is InChI=1S/C11H16N4O2/c1-2-4-15-5-3-8-7(6-15)9(10(16)17)14-11(12)13-8/h2-6H2,1H3,(H,16,17)(H2,12,13,14). The van der Waals surface area contributed by atoms with Gasteiger partial charge in [0.2, 0.25) is 5.95 Å². The molecular weight excluding hydrogens is 220 g/mol. The molecule has 2 heterocycles. The fourth-order valence-corrected chi connectivity index (χ4v) is 2.17. The van der Waals surface area contributed by atoms with Crippen LogP contribution in [0.25, 0.3) is 0 Å². The molecule has 1 aliphatic rings. The molecular formula is C11H16N4O2. The summed E-state index contributed by atoms with van der Waals surface area (Å²) in [4.78, 5) is 21.3. The van der Waals surface area contributed by atoms with Gasteiger partial charge in [-0.3, -0.25) is 4.90 Å². The van der Waals surface area contributed by atoms with Crippen LogP contribution in [0.2, 0.25) is 0 Å². The second kappa shape index (κ2) is 4.67. The minimum Gasteiger partial charge on any atom is -0.476 e. The van der Waals surface area contributed by atoms with Crippen LogP contribution >= 0.6 is 0 Å². The average Bonchev–Trinajstić information content (AvgIpc) is 2.28. The Morgan fingerprint density at radius 3 is 2.94 bits per heavy atom. The molecule has 0 aromatic carbocycles. The third kappa shape index (κ3) is 2.36. The quantitative estimate of drug-likeness (QED) is 0.795. The number of nitrogens with two attached hydrogens (primary N) is 1. The molecule has 6 heteroatoms. The number of fused-ring (bicyclic) bond motifs is 1. The Hall–Kier alpha value is -1.69. The van der Waals surface area contributed by atoms with Crippen LogP contribution in [0.15, 0.2) is 0 Å². The van der Waals surface area contributed by atoms with Crippen molar-refractivity contribution in [3.63, 3.8) is 0 Å². The van der Waals surface area contributed by atoms with E-state index < -0.39 is 5.97 Å². The summed E-state index contributed by atoms with van der Waals surface area (Å²) in [6.45, 7) is 4.57. The number of hydrogen-bond acceptors (Lipinski definition) is 5. The Morgan fingerprint density at radius 1 is 1.53 bits per heavy atom. The number of aromatic carboxylic acids is 1. The molecule has 0 amide bonds. The van der Waals surface area contributed by atoms with Gasteiger partial charge < -0.3 is 10.8 Å². The number of hydrogen-bond donors (Lipinski definition) is 2. The molecule has 0 atom stereocenters. The summed E-state index contributed by atoms with van der Waals surface area (Å²) < 4.78 is 0. The van der Waals surface area contributed by atoms with Gasteiger partial charge in [-0.15, -0.1) is 0 Å². The highest BCUT2D eigenvalue weighted by Crippen LogP contribution is 2.21. The Bertz CT molecular complexity index is 447. The number of rotatable bonds is 3. The molecule has 0 unspecified atom stereocenters. The highest BCUT2D eigenvalue weighted by Gasteiger charge is 2.24. The van der Waals surface area contributed by atoms with E-state index in [1.807, 2.05) is 0 Å². The first-order chi connectivity index (χ1) is 8.11. The number of carboxylic acids is 1. The normalized spacial score (nSPS) is 15.6. The van der Waals surface area contributed by atoms with Crippen LogP contribution in [0.1, 0.15) is 35.1 Å². The molecule has 17 heavy (non-hydrogen) atoms. The lowest BCUT2D eigenvalue weighted by atomic mass is 10.0. The lowest BCUT2D eigenvalue weighted by Gasteiger charge is -2.28. The molecule has 1 aromatic rings. The van der Waals surface area contributed by atoms with E-state index in [1.54, 1.807) is 0 Å². The second-order valence-electron chi connectivity index (χ2n) is 4.19. The molecule has 0 bridgehead atoms. The van der Waals surface area contributed by atoms with Crippen LogP contribution in [-0.4, -0.2) is 39.0 Å². The van der Waals surface area contributed by atoms with E-state index in [0.717, 1.165) is 31.6 Å². The summed E-state index contributed by atoms with van der Waals surface area (Å²) in [7, 11) is 0. The minimum absolute atomic E-state index is 0.0464. The number of carbonyl (C=O) groups is 1. The zero-order valence-corrected chi connectivity index (χ0v) is 9.81. The topological polar surface area (TPSA) is 92.3 Å². The molecule has 0 aliphatic carbocycles. The van der Waals surface area contributed by atoms with E-state index in [2.05, 4.69) is 21.8 Å². The monoisotopic (exact) mass is 236 g/mol. The van der Waals surface area contributed by atoms with Crippen LogP contribution in [-0.2, 0) is 13.0 Å². The largest absolute Gasteiger partial charge is 0.476 e. The lowest BCUT2D eigenvalue weighted by molar-refractivity contribution is 0.0686. The van der Waals surface area contributed by atoms with Gasteiger partial charge in [-0.25, -0.2) is 14.8 Å². The summed E-state index contributed by atoms with van der Waals surface area (Å²) in [6.07, 6.45) is 1.79. The van der Waals surface area contributed by atoms with Gasteiger partial charge in [0.05, 0.1) is 5.69 Å². The fraction of sp³-hybridized carbons (Fsp3) is 0.545. The molecule has 92 valence electrons. The SMILES string of the molecule is CCCN1CCc2nc(N)nc(C(=O)O)c2C1. The van der Waals surface area contributed by atoms with Crippen LogP contribution in [0.4, 0.5) is 5.95 Å². The van der Waals surface area contributed by atoms with Gasteiger partial charge in [0.25, 0.3) is 0 Å². The number of anilines is 1. The van der Waals surface area contributed by atoms with Gasteiger partial charge >= 0.3 is 5.97 Å². The maximum atomic E-state index is 11.1. The van der Waals surface area contributed by atoms with E-state index in [9.17, 15) is 4.79 Å². The van der Waals surface area contributed by atoms with Crippen molar-refractivity contribution in [2.24, 2.45) is 0 Å². The van der Waals surface area contributed by atoms with Crippen molar-refractivity contribution in [1.29, 1.82) is 0 Å². The third-order valence-corrected chi connectivity index (χ3v) is 2.90. The molecule has 0 radical (unpaired) electrons. The molecule has 1 aliphatic heterocycles. The van der Waals surface area contributed by atoms with Gasteiger partial charge in [-0.05, 0) is 13.0 Å². The van der Waals surface area contributed by atoms with Crippen LogP contribution < -0.4 is 5.73 Å². The number of carboxylic acid groups (broad SMARTS) is 1. The number of aromatic nitrogens is 2. The molecule has 0 saturated heterocycles. The maximum absolute atomic E-state index is 11.1. The van der Waals surface area contributed by atoms with E-state index in [0.29, 0.717) is 12.1 Å². The first kappa shape index (κ1) is 11.8. The number of nitrogen functional groups attached to an aromatic ring is 1. The molecule has 3 N–H and O–H groups in total. The van der Waals surface area contributed by atoms with E-state index in [-0.39, 0.29) is 11.6 Å². The minimum atomic E-state index is -1.03. The van der Waals surface area contributed by atoms with Crippen LogP contribution in [0, 0.1) is 0 Å². The van der Waals surface area contributed by atoms with E-state index >= 15 is 0 Å². The predicted molar refractivity (Wildman–Crippen MR) is 62.7 cm³/mol. The zero-order valence-electron chi connectivity index (χ0n) is 9.81. The Kier molecular flexibility index (Phi) is 3.23. The smallest absolute Gasteiger partial charge is 0.355 e. The Morgan fingerprint density at radius 2 is 2.29 bits per heavy atom. The van der Waals surface area contributed by atoms with Gasteiger partial charge in [-0.1, -0.05) is 6.92 Å². The summed E-state index contributed by atoms with van der Waals surface area (Å²) in [5, 5.41) is 9.12. The Balaban J connectivity index is 2.37. The van der Waals surface area contributed by atoms with Crippen molar-refractivity contribution in [1.82, 2.24) is 14.9 Å². The summed E-state index contributed by atoms with van der Waals surface area (Å²) in [6, 6.07) is 0. The fourth-order valence-electron chi connectivity index (χ4n) is 2.17. The van der Waals surface area contributed by atoms with Crippen molar-refractivity contribution >= 4 is 11.9 Å². The second-order valence-corrected chi connectivity index (χ2v) is 4.19. The van der Waals surface area contributed by atoms with E-state index in [4.69, 9.17) is 10.8 Å². The molecule has 0 fully saturated rings. The molecule has 0 spiro atoms. The maximum Gasteiger partial charge on any atom is 0.355 e. The van der Waals surface area contributed by atoms with Crippen LogP contribution in [0.5, 0.6) is 0 Å². The summed E-state index contributed by atoms with van der Waals surface area (Å²) >= 11 is 0. The highest BCUT2D eigenvalue weighted by molar-refractivity contribution is 5.87. The van der Waals surface area contributed by atoms with E-state index in [1.165, 1.54) is 0 Å². The molecule has 0 saturated carbocycles. The summed E-state index contributed by atoms with van der Waals surface area (Å²) in [5.74, 6) is -0.987. The molecule has 6 nitrogen and oxygen atoms in total. The third-order valence-electron chi connectivity index (χ3n) is 2.90. The van der Waals surface area contributed by atoms with Gasteiger partial charge in [0, 0.05) is 25.1 Å². The van der Waals surface area contributed by atoms with Gasteiger partial charge in [-0.2, -0.15) is 0 Å². The van der Waals surface area contributed by atoms with Gasteiger partial charge in [0.15, 0.2) is 5.69 Å². The first-order valence-corrected chi connectivity index (χ1v) is 5.72. The van der Waals surface area contributed by atoms with Crippen molar-refractivity contribution in [2.75, 3.05) is 18.8 Å². The first-order valence-electron chi connectivity index (χ1n) is 5.72. The van der Waals surface area contributed by atoms with Crippen LogP contribution in [0.3, 0.4) is 0 Å². The summed E-state index contributed by atoms with van der Waals surface area (Å²) in [5.41, 5.74) is 7.06. The predicted octanol–water partition coefficient (Wildman–Crippen LogP) is 0.525. The van der Waals surface area contributed by atoms with Crippen molar-refractivity contribution in [2.45, 2.75) is 26.3 Å². The number of nitrogens with zero attached hydrogens (tertiary/aromatic N) is 3. The van der Waals surface area contributed by atoms with Gasteiger partial charge in [0.1, 0.15) is 0 Å². The van der Waals surface area contributed by atoms with Crippen molar-refractivity contribution < 1.29 is 9.90 Å². The Labute approximate surface area is 99.5 Å². The highest BCUT2D eigenvalue weighted by atomic mass is 16.4.